The van der Waals surface area contributed by atoms with Crippen molar-refractivity contribution in [2.75, 3.05) is 5.32 Å². The zero-order valence-corrected chi connectivity index (χ0v) is 17.3. The highest BCUT2D eigenvalue weighted by atomic mass is 19.1. The molecule has 0 aliphatic carbocycles. The van der Waals surface area contributed by atoms with E-state index in [0.717, 1.165) is 17.1 Å². The summed E-state index contributed by atoms with van der Waals surface area (Å²) in [5.74, 6) is 0.0886. The van der Waals surface area contributed by atoms with E-state index in [1.807, 2.05) is 36.7 Å². The van der Waals surface area contributed by atoms with Gasteiger partial charge in [-0.1, -0.05) is 18.2 Å². The molecule has 0 saturated heterocycles. The van der Waals surface area contributed by atoms with E-state index in [-0.39, 0.29) is 18.3 Å². The molecule has 1 amide bonds. The number of aryl methyl sites for hydroxylation is 2. The van der Waals surface area contributed by atoms with Crippen molar-refractivity contribution in [2.24, 2.45) is 0 Å². The fourth-order valence-corrected chi connectivity index (χ4v) is 3.26. The van der Waals surface area contributed by atoms with Crippen LogP contribution in [-0.2, 0) is 6.61 Å². The van der Waals surface area contributed by atoms with Gasteiger partial charge in [-0.2, -0.15) is 5.10 Å². The van der Waals surface area contributed by atoms with Crippen LogP contribution in [0.15, 0.2) is 78.9 Å². The molecular weight excluding hydrogens is 393 g/mol. The zero-order chi connectivity index (χ0) is 21.8. The molecule has 156 valence electrons. The smallest absolute Gasteiger partial charge is 0.255 e. The topological polar surface area (TPSA) is 56.2 Å². The summed E-state index contributed by atoms with van der Waals surface area (Å²) in [6.45, 7) is 4.08. The minimum absolute atomic E-state index is 0.139. The van der Waals surface area contributed by atoms with Crippen molar-refractivity contribution in [3.8, 4) is 11.4 Å². The molecule has 1 heterocycles. The lowest BCUT2D eigenvalue weighted by Crippen LogP contribution is -2.12. The van der Waals surface area contributed by atoms with Crippen molar-refractivity contribution in [3.05, 3.63) is 107 Å². The zero-order valence-electron chi connectivity index (χ0n) is 17.3. The number of nitrogens with zero attached hydrogens (tertiary/aromatic N) is 2. The maximum absolute atomic E-state index is 13.7. The summed E-state index contributed by atoms with van der Waals surface area (Å²) in [7, 11) is 0. The van der Waals surface area contributed by atoms with Crippen molar-refractivity contribution < 1.29 is 13.9 Å². The number of ether oxygens (including phenoxy) is 1. The lowest BCUT2D eigenvalue weighted by molar-refractivity contribution is 0.102. The van der Waals surface area contributed by atoms with Gasteiger partial charge in [0.15, 0.2) is 0 Å². The third kappa shape index (κ3) is 4.80. The van der Waals surface area contributed by atoms with E-state index in [1.165, 1.54) is 6.07 Å². The van der Waals surface area contributed by atoms with Gasteiger partial charge in [-0.3, -0.25) is 4.79 Å². The molecule has 6 heteroatoms. The fraction of sp³-hybridized carbons (Fsp3) is 0.120. The van der Waals surface area contributed by atoms with Gasteiger partial charge >= 0.3 is 0 Å². The number of aromatic nitrogens is 2. The monoisotopic (exact) mass is 415 g/mol. The molecule has 0 radical (unpaired) electrons. The molecule has 0 spiro atoms. The molecular formula is C25H22FN3O2. The second kappa shape index (κ2) is 8.83. The van der Waals surface area contributed by atoms with E-state index in [2.05, 4.69) is 10.4 Å². The first-order valence-corrected chi connectivity index (χ1v) is 9.91. The first-order chi connectivity index (χ1) is 15.0. The van der Waals surface area contributed by atoms with Crippen molar-refractivity contribution >= 4 is 11.6 Å². The van der Waals surface area contributed by atoms with E-state index in [1.54, 1.807) is 54.6 Å². The summed E-state index contributed by atoms with van der Waals surface area (Å²) in [6, 6.07) is 22.8. The molecule has 0 aliphatic heterocycles. The number of halogens is 1. The van der Waals surface area contributed by atoms with Crippen LogP contribution in [0.2, 0.25) is 0 Å². The number of benzene rings is 3. The summed E-state index contributed by atoms with van der Waals surface area (Å²) in [5, 5.41) is 7.32. The van der Waals surface area contributed by atoms with E-state index in [4.69, 9.17) is 4.74 Å². The van der Waals surface area contributed by atoms with Gasteiger partial charge in [-0.05, 0) is 74.5 Å². The van der Waals surface area contributed by atoms with Gasteiger partial charge in [0.2, 0.25) is 0 Å². The van der Waals surface area contributed by atoms with Gasteiger partial charge in [0.25, 0.3) is 5.91 Å². The standard InChI is InChI=1S/C25H22FN3O2/c1-17-15-18(2)29(28-17)22-11-7-19(8-12-22)25(30)27-21-9-13-23(14-10-21)31-16-20-5-3-4-6-24(20)26/h3-15H,16H2,1-2H3,(H,27,30). The van der Waals surface area contributed by atoms with Gasteiger partial charge in [-0.15, -0.1) is 0 Å². The quantitative estimate of drug-likeness (QED) is 0.455. The normalized spacial score (nSPS) is 10.7. The molecule has 1 aromatic heterocycles. The minimum Gasteiger partial charge on any atom is -0.489 e. The average Bonchev–Trinajstić information content (AvgIpc) is 3.12. The molecule has 1 N–H and O–H groups in total. The summed E-state index contributed by atoms with van der Waals surface area (Å²) >= 11 is 0. The SMILES string of the molecule is Cc1cc(C)n(-c2ccc(C(=O)Nc3ccc(OCc4ccccc4F)cc3)cc2)n1. The molecule has 0 bridgehead atoms. The number of nitrogens with one attached hydrogen (secondary N) is 1. The Morgan fingerprint density at radius 3 is 2.35 bits per heavy atom. The fourth-order valence-electron chi connectivity index (χ4n) is 3.26. The molecule has 0 saturated carbocycles. The molecule has 31 heavy (non-hydrogen) atoms. The number of carbonyl (C=O) groups excluding carboxylic acids is 1. The summed E-state index contributed by atoms with van der Waals surface area (Å²) < 4.78 is 21.1. The van der Waals surface area contributed by atoms with Crippen LogP contribution in [-0.4, -0.2) is 15.7 Å². The molecule has 4 aromatic rings. The highest BCUT2D eigenvalue weighted by Gasteiger charge is 2.09. The largest absolute Gasteiger partial charge is 0.489 e. The molecule has 0 aliphatic rings. The number of hydrogen-bond acceptors (Lipinski definition) is 3. The van der Waals surface area contributed by atoms with Crippen LogP contribution in [0, 0.1) is 19.7 Å². The Bertz CT molecular complexity index is 1200. The maximum atomic E-state index is 13.7. The number of amides is 1. The number of hydrogen-bond donors (Lipinski definition) is 1. The molecule has 3 aromatic carbocycles. The van der Waals surface area contributed by atoms with Gasteiger partial charge < -0.3 is 10.1 Å². The highest BCUT2D eigenvalue weighted by molar-refractivity contribution is 6.04. The number of anilines is 1. The molecule has 0 fully saturated rings. The molecule has 4 rings (SSSR count). The molecule has 0 unspecified atom stereocenters. The highest BCUT2D eigenvalue weighted by Crippen LogP contribution is 2.19. The van der Waals surface area contributed by atoms with Gasteiger partial charge in [0.1, 0.15) is 18.2 Å². The van der Waals surface area contributed by atoms with E-state index >= 15 is 0 Å². The number of rotatable bonds is 6. The first-order valence-electron chi connectivity index (χ1n) is 9.91. The lowest BCUT2D eigenvalue weighted by atomic mass is 10.2. The predicted octanol–water partition coefficient (Wildman–Crippen LogP) is 5.46. The Morgan fingerprint density at radius 1 is 1.00 bits per heavy atom. The van der Waals surface area contributed by atoms with E-state index in [9.17, 15) is 9.18 Å². The van der Waals surface area contributed by atoms with Crippen LogP contribution in [0.5, 0.6) is 5.75 Å². The van der Waals surface area contributed by atoms with Crippen LogP contribution in [0.4, 0.5) is 10.1 Å². The van der Waals surface area contributed by atoms with Gasteiger partial charge in [0, 0.05) is 22.5 Å². The summed E-state index contributed by atoms with van der Waals surface area (Å²) in [6.07, 6.45) is 0. The van der Waals surface area contributed by atoms with E-state index in [0.29, 0.717) is 22.6 Å². The predicted molar refractivity (Wildman–Crippen MR) is 118 cm³/mol. The second-order valence-electron chi connectivity index (χ2n) is 7.24. The Hall–Kier alpha value is -3.93. The van der Waals surface area contributed by atoms with Crippen LogP contribution < -0.4 is 10.1 Å². The van der Waals surface area contributed by atoms with Crippen LogP contribution >= 0.6 is 0 Å². The Morgan fingerprint density at radius 2 is 1.71 bits per heavy atom. The molecule has 0 atom stereocenters. The van der Waals surface area contributed by atoms with Crippen molar-refractivity contribution in [1.29, 1.82) is 0 Å². The van der Waals surface area contributed by atoms with Crippen molar-refractivity contribution in [3.63, 3.8) is 0 Å². The maximum Gasteiger partial charge on any atom is 0.255 e. The third-order valence-corrected chi connectivity index (χ3v) is 4.85. The van der Waals surface area contributed by atoms with Crippen LogP contribution in [0.1, 0.15) is 27.3 Å². The van der Waals surface area contributed by atoms with Crippen molar-refractivity contribution in [1.82, 2.24) is 9.78 Å². The third-order valence-electron chi connectivity index (χ3n) is 4.85. The van der Waals surface area contributed by atoms with Gasteiger partial charge in [0.05, 0.1) is 11.4 Å². The van der Waals surface area contributed by atoms with Gasteiger partial charge in [-0.25, -0.2) is 9.07 Å². The Balaban J connectivity index is 1.37. The Labute approximate surface area is 180 Å². The summed E-state index contributed by atoms with van der Waals surface area (Å²) in [4.78, 5) is 12.6. The first kappa shape index (κ1) is 20.3. The average molecular weight is 415 g/mol. The number of carbonyl (C=O) groups is 1. The van der Waals surface area contributed by atoms with E-state index < -0.39 is 0 Å². The van der Waals surface area contributed by atoms with Crippen LogP contribution in [0.25, 0.3) is 5.69 Å². The van der Waals surface area contributed by atoms with Crippen molar-refractivity contribution in [2.45, 2.75) is 20.5 Å². The summed E-state index contributed by atoms with van der Waals surface area (Å²) in [5.41, 5.74) is 4.56. The second-order valence-corrected chi connectivity index (χ2v) is 7.24. The Kier molecular flexibility index (Phi) is 5.80. The van der Waals surface area contributed by atoms with Crippen LogP contribution in [0.3, 0.4) is 0 Å². The lowest BCUT2D eigenvalue weighted by Gasteiger charge is -2.10. The minimum atomic E-state index is -0.296. The molecule has 5 nitrogen and oxygen atoms in total.